The van der Waals surface area contributed by atoms with Gasteiger partial charge in [0.1, 0.15) is 5.69 Å². The number of thiazole rings is 1. The number of hydrogen-bond acceptors (Lipinski definition) is 8. The molecule has 0 bridgehead atoms. The van der Waals surface area contributed by atoms with Crippen molar-refractivity contribution in [2.45, 2.75) is 12.5 Å². The van der Waals surface area contributed by atoms with E-state index in [9.17, 15) is 0 Å². The number of anilines is 1. The summed E-state index contributed by atoms with van der Waals surface area (Å²) in [5.74, 6) is 1.15. The van der Waals surface area contributed by atoms with E-state index >= 15 is 0 Å². The minimum absolute atomic E-state index is 0.149. The largest absolute Gasteiger partial charge is 0.375 e. The smallest absolute Gasteiger partial charge is 0.277 e. The highest BCUT2D eigenvalue weighted by atomic mass is 32.1. The van der Waals surface area contributed by atoms with Crippen LogP contribution in [0.15, 0.2) is 9.90 Å². The Hall–Kier alpha value is -1.51. The van der Waals surface area contributed by atoms with Crippen molar-refractivity contribution in [2.75, 3.05) is 39.5 Å². The van der Waals surface area contributed by atoms with Gasteiger partial charge in [0.2, 0.25) is 0 Å². The van der Waals surface area contributed by atoms with Crippen molar-refractivity contribution >= 4 is 16.5 Å². The van der Waals surface area contributed by atoms with Gasteiger partial charge in [0.05, 0.1) is 6.04 Å². The zero-order valence-electron chi connectivity index (χ0n) is 11.6. The van der Waals surface area contributed by atoms with Crippen molar-refractivity contribution in [3.63, 3.8) is 0 Å². The number of nitrogens with zero attached hydrogens (tertiary/aromatic N) is 5. The summed E-state index contributed by atoms with van der Waals surface area (Å²) in [6, 6.07) is 0.149. The van der Waals surface area contributed by atoms with Crippen LogP contribution in [0.5, 0.6) is 0 Å². The molecule has 0 amide bonds. The molecule has 108 valence electrons. The SMILES string of the molecule is CN1CCCN(C)C(c2noc(-c3csc(N)n3)n2)C1. The van der Waals surface area contributed by atoms with Gasteiger partial charge < -0.3 is 15.2 Å². The molecule has 0 aliphatic carbocycles. The van der Waals surface area contributed by atoms with Crippen molar-refractivity contribution in [3.05, 3.63) is 11.2 Å². The number of aromatic nitrogens is 3. The van der Waals surface area contributed by atoms with E-state index in [0.717, 1.165) is 26.1 Å². The molecule has 0 saturated carbocycles. The van der Waals surface area contributed by atoms with Crippen LogP contribution in [0.2, 0.25) is 0 Å². The Labute approximate surface area is 121 Å². The van der Waals surface area contributed by atoms with Crippen LogP contribution in [-0.4, -0.2) is 58.7 Å². The van der Waals surface area contributed by atoms with Gasteiger partial charge in [0.15, 0.2) is 11.0 Å². The second kappa shape index (κ2) is 5.47. The molecule has 1 fully saturated rings. The van der Waals surface area contributed by atoms with E-state index in [-0.39, 0.29) is 6.04 Å². The summed E-state index contributed by atoms with van der Waals surface area (Å²) < 4.78 is 5.32. The Morgan fingerprint density at radius 2 is 2.20 bits per heavy atom. The molecule has 1 unspecified atom stereocenters. The first-order valence-corrected chi connectivity index (χ1v) is 7.45. The Morgan fingerprint density at radius 1 is 1.35 bits per heavy atom. The Kier molecular flexibility index (Phi) is 3.68. The zero-order valence-corrected chi connectivity index (χ0v) is 12.4. The lowest BCUT2D eigenvalue weighted by atomic mass is 10.2. The number of nitrogen functional groups attached to an aromatic ring is 1. The number of likely N-dealkylation sites (N-methyl/N-ethyl adjacent to an activating group) is 2. The van der Waals surface area contributed by atoms with Gasteiger partial charge in [-0.3, -0.25) is 4.90 Å². The maximum atomic E-state index is 5.63. The molecule has 0 spiro atoms. The molecule has 0 aromatic carbocycles. The van der Waals surface area contributed by atoms with Gasteiger partial charge in [-0.25, -0.2) is 4.98 Å². The van der Waals surface area contributed by atoms with Gasteiger partial charge in [0.25, 0.3) is 5.89 Å². The maximum Gasteiger partial charge on any atom is 0.277 e. The molecule has 0 radical (unpaired) electrons. The number of nitrogens with two attached hydrogens (primary N) is 1. The second-order valence-electron chi connectivity index (χ2n) is 5.14. The second-order valence-corrected chi connectivity index (χ2v) is 6.03. The normalized spacial score (nSPS) is 22.0. The highest BCUT2D eigenvalue weighted by Gasteiger charge is 2.27. The van der Waals surface area contributed by atoms with E-state index < -0.39 is 0 Å². The van der Waals surface area contributed by atoms with Crippen LogP contribution in [0.25, 0.3) is 11.6 Å². The Morgan fingerprint density at radius 3 is 2.95 bits per heavy atom. The van der Waals surface area contributed by atoms with Crippen molar-refractivity contribution in [2.24, 2.45) is 0 Å². The first kappa shape index (κ1) is 13.5. The van der Waals surface area contributed by atoms with Gasteiger partial charge in [-0.1, -0.05) is 5.16 Å². The molecule has 3 heterocycles. The van der Waals surface area contributed by atoms with Crippen molar-refractivity contribution in [3.8, 4) is 11.6 Å². The first-order valence-electron chi connectivity index (χ1n) is 6.57. The minimum atomic E-state index is 0.149. The van der Waals surface area contributed by atoms with Crippen LogP contribution >= 0.6 is 11.3 Å². The molecule has 7 nitrogen and oxygen atoms in total. The van der Waals surface area contributed by atoms with Crippen molar-refractivity contribution < 1.29 is 4.52 Å². The van der Waals surface area contributed by atoms with Gasteiger partial charge in [-0.05, 0) is 33.6 Å². The minimum Gasteiger partial charge on any atom is -0.375 e. The van der Waals surface area contributed by atoms with Crippen LogP contribution in [0.1, 0.15) is 18.3 Å². The van der Waals surface area contributed by atoms with Crippen LogP contribution in [-0.2, 0) is 0 Å². The molecular weight excluding hydrogens is 276 g/mol. The lowest BCUT2D eigenvalue weighted by Gasteiger charge is -2.24. The molecule has 1 aliphatic heterocycles. The fraction of sp³-hybridized carbons (Fsp3) is 0.583. The molecule has 3 rings (SSSR count). The molecular formula is C12H18N6OS. The fourth-order valence-corrected chi connectivity index (χ4v) is 2.95. The van der Waals surface area contributed by atoms with Gasteiger partial charge >= 0.3 is 0 Å². The van der Waals surface area contributed by atoms with Crippen LogP contribution < -0.4 is 5.73 Å². The molecule has 2 aromatic heterocycles. The number of hydrogen-bond donors (Lipinski definition) is 1. The fourth-order valence-electron chi connectivity index (χ4n) is 2.41. The Balaban J connectivity index is 1.85. The van der Waals surface area contributed by atoms with E-state index in [1.54, 1.807) is 0 Å². The van der Waals surface area contributed by atoms with E-state index in [0.29, 0.717) is 22.5 Å². The van der Waals surface area contributed by atoms with Crippen LogP contribution in [0.4, 0.5) is 5.13 Å². The maximum absolute atomic E-state index is 5.63. The molecule has 2 N–H and O–H groups in total. The summed E-state index contributed by atoms with van der Waals surface area (Å²) in [5, 5.41) is 6.46. The Bertz CT molecular complexity index is 582. The summed E-state index contributed by atoms with van der Waals surface area (Å²) in [6.07, 6.45) is 1.15. The monoisotopic (exact) mass is 294 g/mol. The van der Waals surface area contributed by atoms with Gasteiger partial charge in [-0.2, -0.15) is 4.98 Å². The topological polar surface area (TPSA) is 84.3 Å². The highest BCUT2D eigenvalue weighted by molar-refractivity contribution is 7.13. The third-order valence-corrected chi connectivity index (χ3v) is 4.22. The molecule has 20 heavy (non-hydrogen) atoms. The summed E-state index contributed by atoms with van der Waals surface area (Å²) in [5.41, 5.74) is 6.28. The van der Waals surface area contributed by atoms with Crippen LogP contribution in [0.3, 0.4) is 0 Å². The summed E-state index contributed by atoms with van der Waals surface area (Å²) in [6.45, 7) is 3.02. The number of rotatable bonds is 2. The lowest BCUT2D eigenvalue weighted by molar-refractivity contribution is 0.215. The standard InChI is InChI=1S/C12H18N6OS/c1-17-4-3-5-18(2)9(6-17)10-15-11(19-16-10)8-7-20-12(13)14-8/h7,9H,3-6H2,1-2H3,(H2,13,14). The van der Waals surface area contributed by atoms with Crippen molar-refractivity contribution in [1.82, 2.24) is 24.9 Å². The lowest BCUT2D eigenvalue weighted by Crippen LogP contribution is -2.31. The molecule has 8 heteroatoms. The molecule has 2 aromatic rings. The summed E-state index contributed by atoms with van der Waals surface area (Å²) >= 11 is 1.37. The van der Waals surface area contributed by atoms with E-state index in [1.165, 1.54) is 11.3 Å². The molecule has 1 saturated heterocycles. The van der Waals surface area contributed by atoms with Gasteiger partial charge in [0, 0.05) is 11.9 Å². The molecule has 1 atom stereocenters. The predicted molar refractivity (Wildman–Crippen MR) is 77.3 cm³/mol. The van der Waals surface area contributed by atoms with E-state index in [1.807, 2.05) is 5.38 Å². The van der Waals surface area contributed by atoms with E-state index in [4.69, 9.17) is 10.3 Å². The summed E-state index contributed by atoms with van der Waals surface area (Å²) in [4.78, 5) is 13.2. The van der Waals surface area contributed by atoms with Crippen LogP contribution in [0, 0.1) is 0 Å². The van der Waals surface area contributed by atoms with Crippen molar-refractivity contribution in [1.29, 1.82) is 0 Å². The third kappa shape index (κ3) is 2.67. The quantitative estimate of drug-likeness (QED) is 0.887. The predicted octanol–water partition coefficient (Wildman–Crippen LogP) is 1.08. The first-order chi connectivity index (χ1) is 9.63. The van der Waals surface area contributed by atoms with E-state index in [2.05, 4.69) is 39.0 Å². The average molecular weight is 294 g/mol. The third-order valence-electron chi connectivity index (χ3n) is 3.55. The molecule has 1 aliphatic rings. The summed E-state index contributed by atoms with van der Waals surface area (Å²) in [7, 11) is 4.22. The average Bonchev–Trinajstić information content (AvgIpc) is 3.01. The van der Waals surface area contributed by atoms with Gasteiger partial charge in [-0.15, -0.1) is 11.3 Å². The zero-order chi connectivity index (χ0) is 14.1. The highest BCUT2D eigenvalue weighted by Crippen LogP contribution is 2.25.